The minimum atomic E-state index is -0.140. The molecule has 5 nitrogen and oxygen atoms in total. The maximum atomic E-state index is 12.6. The van der Waals surface area contributed by atoms with E-state index < -0.39 is 0 Å². The Balaban J connectivity index is 1.64. The number of rotatable bonds is 3. The second kappa shape index (κ2) is 7.67. The van der Waals surface area contributed by atoms with Crippen molar-refractivity contribution in [3.63, 3.8) is 0 Å². The normalized spacial score (nSPS) is 20.4. The highest BCUT2D eigenvalue weighted by Gasteiger charge is 2.30. The van der Waals surface area contributed by atoms with Gasteiger partial charge in [-0.05, 0) is 25.0 Å². The summed E-state index contributed by atoms with van der Waals surface area (Å²) in [5.41, 5.74) is 0.855. The van der Waals surface area contributed by atoms with Gasteiger partial charge in [0.2, 0.25) is 11.8 Å². The van der Waals surface area contributed by atoms with Crippen LogP contribution in [0.5, 0.6) is 5.75 Å². The minimum Gasteiger partial charge on any atom is -0.492 e. The molecule has 0 radical (unpaired) electrons. The molecule has 0 aliphatic carbocycles. The maximum absolute atomic E-state index is 12.6. The number of hydrogen-bond donors (Lipinski definition) is 1. The zero-order chi connectivity index (χ0) is 18.0. The van der Waals surface area contributed by atoms with Gasteiger partial charge in [0.15, 0.2) is 0 Å². The van der Waals surface area contributed by atoms with Crippen molar-refractivity contribution in [1.82, 2.24) is 10.2 Å². The average molecular weight is 383 g/mol. The van der Waals surface area contributed by atoms with Gasteiger partial charge in [0.05, 0.1) is 17.7 Å². The molecule has 0 aromatic heterocycles. The minimum absolute atomic E-state index is 0.00891. The van der Waals surface area contributed by atoms with Crippen LogP contribution in [0.2, 0.25) is 10.0 Å². The Morgan fingerprint density at radius 2 is 1.96 bits per heavy atom. The van der Waals surface area contributed by atoms with Crippen LogP contribution >= 0.6 is 23.2 Å². The summed E-state index contributed by atoms with van der Waals surface area (Å²) in [7, 11) is 0. The highest BCUT2D eigenvalue weighted by molar-refractivity contribution is 6.43. The van der Waals surface area contributed by atoms with Crippen LogP contribution in [0, 0.1) is 5.92 Å². The van der Waals surface area contributed by atoms with Gasteiger partial charge in [0, 0.05) is 31.0 Å². The molecule has 0 spiro atoms. The SMILES string of the molecule is C=CC(=O)N1CCC(C(=O)NC2CCOc3c2ccc(Cl)c3Cl)CC1. The van der Waals surface area contributed by atoms with E-state index in [1.165, 1.54) is 6.08 Å². The first-order valence-electron chi connectivity index (χ1n) is 8.33. The highest BCUT2D eigenvalue weighted by Crippen LogP contribution is 2.41. The number of benzene rings is 1. The molecule has 1 aromatic carbocycles. The Morgan fingerprint density at radius 3 is 2.64 bits per heavy atom. The standard InChI is InChI=1S/C18H20Cl2N2O3/c1-2-15(23)22-8-5-11(6-9-22)18(24)21-14-7-10-25-17-12(14)3-4-13(19)16(17)20/h2-4,11,14H,1,5-10H2,(H,21,24). The Morgan fingerprint density at radius 1 is 1.24 bits per heavy atom. The van der Waals surface area contributed by atoms with E-state index >= 15 is 0 Å². The van der Waals surface area contributed by atoms with Crippen LogP contribution in [-0.2, 0) is 9.59 Å². The summed E-state index contributed by atoms with van der Waals surface area (Å²) in [4.78, 5) is 26.0. The molecule has 2 heterocycles. The van der Waals surface area contributed by atoms with Crippen molar-refractivity contribution in [3.8, 4) is 5.75 Å². The summed E-state index contributed by atoms with van der Waals surface area (Å²) in [6.07, 6.45) is 3.31. The van der Waals surface area contributed by atoms with Crippen LogP contribution < -0.4 is 10.1 Å². The number of nitrogens with zero attached hydrogens (tertiary/aromatic N) is 1. The van der Waals surface area contributed by atoms with Crippen LogP contribution in [-0.4, -0.2) is 36.4 Å². The van der Waals surface area contributed by atoms with Gasteiger partial charge in [-0.15, -0.1) is 0 Å². The van der Waals surface area contributed by atoms with Crippen molar-refractivity contribution in [2.24, 2.45) is 5.92 Å². The summed E-state index contributed by atoms with van der Waals surface area (Å²) < 4.78 is 5.62. The molecule has 7 heteroatoms. The van der Waals surface area contributed by atoms with Crippen LogP contribution in [0.3, 0.4) is 0 Å². The molecule has 1 saturated heterocycles. The molecule has 0 saturated carbocycles. The van der Waals surface area contributed by atoms with Gasteiger partial charge in [-0.25, -0.2) is 0 Å². The number of carbonyl (C=O) groups excluding carboxylic acids is 2. The first-order chi connectivity index (χ1) is 12.0. The number of ether oxygens (including phenoxy) is 1. The molecule has 2 amide bonds. The van der Waals surface area contributed by atoms with Gasteiger partial charge in [0.25, 0.3) is 0 Å². The fourth-order valence-corrected chi connectivity index (χ4v) is 3.71. The van der Waals surface area contributed by atoms with Crippen LogP contribution in [0.25, 0.3) is 0 Å². The average Bonchev–Trinajstić information content (AvgIpc) is 2.64. The van der Waals surface area contributed by atoms with E-state index in [2.05, 4.69) is 11.9 Å². The van der Waals surface area contributed by atoms with Crippen molar-refractivity contribution in [1.29, 1.82) is 0 Å². The summed E-state index contributed by atoms with van der Waals surface area (Å²) in [6, 6.07) is 3.42. The molecule has 2 aliphatic heterocycles. The third-order valence-electron chi connectivity index (χ3n) is 4.78. The fraction of sp³-hybridized carbons (Fsp3) is 0.444. The lowest BCUT2D eigenvalue weighted by molar-refractivity contribution is -0.132. The van der Waals surface area contributed by atoms with Crippen molar-refractivity contribution >= 4 is 35.0 Å². The lowest BCUT2D eigenvalue weighted by Gasteiger charge is -2.33. The molecule has 134 valence electrons. The molecule has 1 N–H and O–H groups in total. The van der Waals surface area contributed by atoms with Gasteiger partial charge < -0.3 is 15.0 Å². The van der Waals surface area contributed by atoms with Crippen molar-refractivity contribution in [2.45, 2.75) is 25.3 Å². The third kappa shape index (κ3) is 3.77. The lowest BCUT2D eigenvalue weighted by Crippen LogP contribution is -2.43. The topological polar surface area (TPSA) is 58.6 Å². The molecular formula is C18H20Cl2N2O3. The van der Waals surface area contributed by atoms with E-state index in [0.717, 1.165) is 5.56 Å². The summed E-state index contributed by atoms with van der Waals surface area (Å²) in [5, 5.41) is 3.93. The van der Waals surface area contributed by atoms with E-state index in [0.29, 0.717) is 54.8 Å². The van der Waals surface area contributed by atoms with E-state index in [1.807, 2.05) is 6.07 Å². The first-order valence-corrected chi connectivity index (χ1v) is 9.09. The molecule has 1 aromatic rings. The Labute approximate surface area is 156 Å². The highest BCUT2D eigenvalue weighted by atomic mass is 35.5. The predicted octanol–water partition coefficient (Wildman–Crippen LogP) is 3.36. The molecule has 0 bridgehead atoms. The second-order valence-corrected chi connectivity index (χ2v) is 7.07. The van der Waals surface area contributed by atoms with Crippen molar-refractivity contribution in [3.05, 3.63) is 40.4 Å². The Bertz CT molecular complexity index is 700. The van der Waals surface area contributed by atoms with E-state index in [9.17, 15) is 9.59 Å². The Kier molecular flexibility index (Phi) is 5.54. The van der Waals surface area contributed by atoms with Gasteiger partial charge in [0.1, 0.15) is 10.8 Å². The quantitative estimate of drug-likeness (QED) is 0.815. The molecule has 2 aliphatic rings. The van der Waals surface area contributed by atoms with Crippen molar-refractivity contribution in [2.75, 3.05) is 19.7 Å². The smallest absolute Gasteiger partial charge is 0.245 e. The molecular weight excluding hydrogens is 363 g/mol. The molecule has 1 unspecified atom stereocenters. The maximum Gasteiger partial charge on any atom is 0.245 e. The van der Waals surface area contributed by atoms with E-state index in [4.69, 9.17) is 27.9 Å². The zero-order valence-electron chi connectivity index (χ0n) is 13.8. The summed E-state index contributed by atoms with van der Waals surface area (Å²) in [6.45, 7) is 5.13. The first kappa shape index (κ1) is 18.1. The number of nitrogens with one attached hydrogen (secondary N) is 1. The monoisotopic (exact) mass is 382 g/mol. The third-order valence-corrected chi connectivity index (χ3v) is 5.56. The lowest BCUT2D eigenvalue weighted by atomic mass is 9.94. The van der Waals surface area contributed by atoms with E-state index in [-0.39, 0.29) is 23.8 Å². The number of likely N-dealkylation sites (tertiary alicyclic amines) is 1. The molecule has 1 atom stereocenters. The number of halogens is 2. The summed E-state index contributed by atoms with van der Waals surface area (Å²) in [5.74, 6) is 0.387. The molecule has 1 fully saturated rings. The number of piperidine rings is 1. The van der Waals surface area contributed by atoms with Gasteiger partial charge in [-0.2, -0.15) is 0 Å². The Hall–Kier alpha value is -1.72. The second-order valence-electron chi connectivity index (χ2n) is 6.28. The zero-order valence-corrected chi connectivity index (χ0v) is 15.3. The number of amides is 2. The van der Waals surface area contributed by atoms with Crippen LogP contribution in [0.15, 0.2) is 24.8 Å². The number of fused-ring (bicyclic) bond motifs is 1. The van der Waals surface area contributed by atoms with E-state index in [1.54, 1.807) is 11.0 Å². The van der Waals surface area contributed by atoms with Gasteiger partial charge in [-0.3, -0.25) is 9.59 Å². The van der Waals surface area contributed by atoms with Crippen molar-refractivity contribution < 1.29 is 14.3 Å². The van der Waals surface area contributed by atoms with Crippen LogP contribution in [0.4, 0.5) is 0 Å². The largest absolute Gasteiger partial charge is 0.492 e. The predicted molar refractivity (Wildman–Crippen MR) is 97.0 cm³/mol. The molecule has 25 heavy (non-hydrogen) atoms. The molecule has 3 rings (SSSR count). The number of hydrogen-bond acceptors (Lipinski definition) is 3. The fourth-order valence-electron chi connectivity index (χ4n) is 3.33. The van der Waals surface area contributed by atoms with Crippen LogP contribution in [0.1, 0.15) is 30.9 Å². The van der Waals surface area contributed by atoms with Gasteiger partial charge in [-0.1, -0.05) is 35.8 Å². The number of carbonyl (C=O) groups is 2. The summed E-state index contributed by atoms with van der Waals surface area (Å²) >= 11 is 12.2. The van der Waals surface area contributed by atoms with Gasteiger partial charge >= 0.3 is 0 Å².